The van der Waals surface area contributed by atoms with Crippen LogP contribution in [0.1, 0.15) is 22.6 Å². The van der Waals surface area contributed by atoms with E-state index in [1.807, 2.05) is 79.7 Å². The molecule has 5 nitrogen and oxygen atoms in total. The van der Waals surface area contributed by atoms with Gasteiger partial charge in [-0.1, -0.05) is 24.3 Å². The minimum atomic E-state index is -0.0813. The van der Waals surface area contributed by atoms with Crippen molar-refractivity contribution in [1.29, 1.82) is 0 Å². The lowest BCUT2D eigenvalue weighted by Crippen LogP contribution is -2.22. The third-order valence-corrected chi connectivity index (χ3v) is 6.21. The molecular formula is C28H25N3O2. The van der Waals surface area contributed by atoms with Gasteiger partial charge >= 0.3 is 0 Å². The molecule has 5 rings (SSSR count). The Kier molecular flexibility index (Phi) is 5.09. The zero-order valence-electron chi connectivity index (χ0n) is 19.2. The van der Waals surface area contributed by atoms with Gasteiger partial charge in [0, 0.05) is 29.2 Å². The summed E-state index contributed by atoms with van der Waals surface area (Å²) in [5.41, 5.74) is 5.80. The van der Waals surface area contributed by atoms with Crippen molar-refractivity contribution in [3.63, 3.8) is 0 Å². The van der Waals surface area contributed by atoms with E-state index in [9.17, 15) is 4.79 Å². The molecule has 5 heteroatoms. The predicted octanol–water partition coefficient (Wildman–Crippen LogP) is 5.67. The molecule has 0 atom stereocenters. The fourth-order valence-electron chi connectivity index (χ4n) is 4.35. The molecule has 33 heavy (non-hydrogen) atoms. The van der Waals surface area contributed by atoms with E-state index >= 15 is 0 Å². The summed E-state index contributed by atoms with van der Waals surface area (Å²) in [6.07, 6.45) is 3.97. The number of rotatable bonds is 4. The smallest absolute Gasteiger partial charge is 0.266 e. The summed E-state index contributed by atoms with van der Waals surface area (Å²) >= 11 is 0. The van der Waals surface area contributed by atoms with Crippen LogP contribution in [0.2, 0.25) is 0 Å². The van der Waals surface area contributed by atoms with E-state index < -0.39 is 0 Å². The van der Waals surface area contributed by atoms with Gasteiger partial charge in [-0.2, -0.15) is 0 Å². The molecule has 0 aliphatic heterocycles. The molecular weight excluding hydrogens is 410 g/mol. The van der Waals surface area contributed by atoms with Gasteiger partial charge < -0.3 is 9.30 Å². The third kappa shape index (κ3) is 3.52. The number of nitrogens with zero attached hydrogens (tertiary/aromatic N) is 3. The van der Waals surface area contributed by atoms with E-state index in [4.69, 9.17) is 9.72 Å². The highest BCUT2D eigenvalue weighted by molar-refractivity contribution is 5.94. The fourth-order valence-corrected chi connectivity index (χ4v) is 4.35. The summed E-state index contributed by atoms with van der Waals surface area (Å²) in [6.45, 7) is 4.11. The van der Waals surface area contributed by atoms with Crippen molar-refractivity contribution >= 4 is 34.0 Å². The van der Waals surface area contributed by atoms with Crippen molar-refractivity contribution in [2.24, 2.45) is 7.05 Å². The number of ether oxygens (including phenoxy) is 1. The normalized spacial score (nSPS) is 11.6. The maximum atomic E-state index is 13.5. The van der Waals surface area contributed by atoms with Crippen molar-refractivity contribution in [3.05, 3.63) is 99.7 Å². The number of aromatic nitrogens is 3. The molecule has 0 saturated heterocycles. The van der Waals surface area contributed by atoms with E-state index in [0.717, 1.165) is 39.2 Å². The van der Waals surface area contributed by atoms with Crippen LogP contribution in [0.15, 0.2) is 71.5 Å². The molecule has 0 amide bonds. The molecule has 164 valence electrons. The minimum absolute atomic E-state index is 0.0813. The highest BCUT2D eigenvalue weighted by Gasteiger charge is 2.14. The fraction of sp³-hybridized carbons (Fsp3) is 0.143. The number of fused-ring (bicyclic) bond motifs is 2. The van der Waals surface area contributed by atoms with E-state index in [2.05, 4.69) is 24.6 Å². The van der Waals surface area contributed by atoms with Crippen LogP contribution in [-0.2, 0) is 7.05 Å². The van der Waals surface area contributed by atoms with Crippen molar-refractivity contribution in [2.75, 3.05) is 7.11 Å². The van der Waals surface area contributed by atoms with E-state index in [0.29, 0.717) is 16.7 Å². The van der Waals surface area contributed by atoms with Gasteiger partial charge in [-0.25, -0.2) is 4.98 Å². The number of para-hydroxylation sites is 1. The second kappa shape index (κ2) is 8.10. The predicted molar refractivity (Wildman–Crippen MR) is 135 cm³/mol. The SMILES string of the molecule is COc1ccc2c(c1)c(/C=C\c1nc3ccccc3c(=O)n1-c1cccc(C)c1)c(C)n2C. The van der Waals surface area contributed by atoms with Crippen LogP contribution in [0.3, 0.4) is 0 Å². The summed E-state index contributed by atoms with van der Waals surface area (Å²) in [5, 5.41) is 1.69. The average Bonchev–Trinajstić information content (AvgIpc) is 3.06. The zero-order valence-corrected chi connectivity index (χ0v) is 19.2. The van der Waals surface area contributed by atoms with Crippen LogP contribution in [0.25, 0.3) is 39.6 Å². The first-order valence-electron chi connectivity index (χ1n) is 10.9. The molecule has 0 aliphatic carbocycles. The first kappa shape index (κ1) is 20.8. The highest BCUT2D eigenvalue weighted by atomic mass is 16.5. The van der Waals surface area contributed by atoms with Crippen molar-refractivity contribution in [3.8, 4) is 11.4 Å². The Morgan fingerprint density at radius 3 is 2.52 bits per heavy atom. The van der Waals surface area contributed by atoms with Crippen LogP contribution in [0.5, 0.6) is 5.75 Å². The molecule has 0 radical (unpaired) electrons. The van der Waals surface area contributed by atoms with Gasteiger partial charge in [0.25, 0.3) is 5.56 Å². The molecule has 5 aromatic rings. The Hall–Kier alpha value is -4.12. The number of hydrogen-bond acceptors (Lipinski definition) is 3. The Morgan fingerprint density at radius 2 is 1.73 bits per heavy atom. The molecule has 0 fully saturated rings. The van der Waals surface area contributed by atoms with Gasteiger partial charge in [-0.3, -0.25) is 9.36 Å². The lowest BCUT2D eigenvalue weighted by atomic mass is 10.1. The molecule has 2 aromatic heterocycles. The molecule has 0 bridgehead atoms. The van der Waals surface area contributed by atoms with Gasteiger partial charge in [0.15, 0.2) is 0 Å². The monoisotopic (exact) mass is 435 g/mol. The molecule has 0 saturated carbocycles. The van der Waals surface area contributed by atoms with Crippen molar-refractivity contribution < 1.29 is 4.74 Å². The summed E-state index contributed by atoms with van der Waals surface area (Å²) in [7, 11) is 3.73. The average molecular weight is 436 g/mol. The first-order valence-corrected chi connectivity index (χ1v) is 10.9. The number of methoxy groups -OCH3 is 1. The first-order chi connectivity index (χ1) is 16.0. The lowest BCUT2D eigenvalue weighted by molar-refractivity contribution is 0.415. The summed E-state index contributed by atoms with van der Waals surface area (Å²) in [4.78, 5) is 18.4. The minimum Gasteiger partial charge on any atom is -0.497 e. The zero-order chi connectivity index (χ0) is 23.1. The van der Waals surface area contributed by atoms with E-state index in [-0.39, 0.29) is 5.56 Å². The van der Waals surface area contributed by atoms with Crippen LogP contribution in [0, 0.1) is 13.8 Å². The van der Waals surface area contributed by atoms with Crippen LogP contribution in [-0.4, -0.2) is 21.2 Å². The Morgan fingerprint density at radius 1 is 0.909 bits per heavy atom. The maximum absolute atomic E-state index is 13.5. The van der Waals surface area contributed by atoms with E-state index in [1.54, 1.807) is 11.7 Å². The van der Waals surface area contributed by atoms with Gasteiger partial charge in [0.2, 0.25) is 0 Å². The summed E-state index contributed by atoms with van der Waals surface area (Å²) in [6, 6.07) is 21.5. The molecule has 0 aliphatic rings. The van der Waals surface area contributed by atoms with Crippen molar-refractivity contribution in [2.45, 2.75) is 13.8 Å². The Balaban J connectivity index is 1.75. The summed E-state index contributed by atoms with van der Waals surface area (Å²) < 4.78 is 9.30. The molecule has 2 heterocycles. The van der Waals surface area contributed by atoms with Crippen LogP contribution < -0.4 is 10.3 Å². The van der Waals surface area contributed by atoms with Gasteiger partial charge in [-0.15, -0.1) is 0 Å². The Bertz CT molecular complexity index is 1610. The van der Waals surface area contributed by atoms with Crippen molar-refractivity contribution in [1.82, 2.24) is 14.1 Å². The van der Waals surface area contributed by atoms with E-state index in [1.165, 1.54) is 0 Å². The molecule has 3 aromatic carbocycles. The second-order valence-electron chi connectivity index (χ2n) is 8.24. The van der Waals surface area contributed by atoms with Gasteiger partial charge in [-0.05, 0) is 74.0 Å². The molecule has 0 N–H and O–H groups in total. The van der Waals surface area contributed by atoms with Gasteiger partial charge in [0.1, 0.15) is 11.6 Å². The number of hydrogen-bond donors (Lipinski definition) is 0. The maximum Gasteiger partial charge on any atom is 0.266 e. The third-order valence-electron chi connectivity index (χ3n) is 6.21. The molecule has 0 spiro atoms. The number of aryl methyl sites for hydroxylation is 2. The largest absolute Gasteiger partial charge is 0.497 e. The standard InChI is InChI=1S/C28H25N3O2/c1-18-8-7-9-20(16-18)31-27(29-25-11-6-5-10-23(25)28(31)32)15-13-22-19(2)30(3)26-14-12-21(33-4)17-24(22)26/h5-17H,1-4H3/b15-13-. The Labute approximate surface area is 192 Å². The number of benzene rings is 3. The summed E-state index contributed by atoms with van der Waals surface area (Å²) in [5.74, 6) is 1.40. The lowest BCUT2D eigenvalue weighted by Gasteiger charge is -2.12. The second-order valence-corrected chi connectivity index (χ2v) is 8.24. The molecule has 0 unspecified atom stereocenters. The van der Waals surface area contributed by atoms with Crippen LogP contribution in [0.4, 0.5) is 0 Å². The topological polar surface area (TPSA) is 49.0 Å². The van der Waals surface area contributed by atoms with Crippen LogP contribution >= 0.6 is 0 Å². The van der Waals surface area contributed by atoms with Gasteiger partial charge in [0.05, 0.1) is 23.7 Å². The highest BCUT2D eigenvalue weighted by Crippen LogP contribution is 2.30. The quantitative estimate of drug-likeness (QED) is 0.365.